The van der Waals surface area contributed by atoms with Crippen LogP contribution < -0.4 is 10.1 Å². The fourth-order valence-corrected chi connectivity index (χ4v) is 2.03. The number of carbonyl (C=O) groups excluding carboxylic acids is 1. The smallest absolute Gasteiger partial charge is 0.251 e. The molecule has 1 unspecified atom stereocenters. The first-order valence-corrected chi connectivity index (χ1v) is 6.78. The number of phenolic OH excluding ortho intramolecular Hbond substituents is 1. The molecule has 1 aromatic rings. The molecule has 0 radical (unpaired) electrons. The van der Waals surface area contributed by atoms with Gasteiger partial charge in [-0.05, 0) is 24.6 Å². The zero-order chi connectivity index (χ0) is 14.3. The minimum Gasteiger partial charge on any atom is -0.504 e. The Morgan fingerprint density at radius 1 is 1.47 bits per heavy atom. The molecule has 6 heteroatoms. The predicted octanol–water partition coefficient (Wildman–Crippen LogP) is 1.93. The van der Waals surface area contributed by atoms with Gasteiger partial charge in [-0.15, -0.1) is 0 Å². The normalized spacial score (nSPS) is 11.9. The molecule has 0 saturated carbocycles. The van der Waals surface area contributed by atoms with Crippen LogP contribution in [0.2, 0.25) is 0 Å². The summed E-state index contributed by atoms with van der Waals surface area (Å²) in [5.74, 6) is 0.0696. The molecule has 106 valence electrons. The lowest BCUT2D eigenvalue weighted by atomic mass is 10.2. The molecule has 0 aromatic heterocycles. The van der Waals surface area contributed by atoms with E-state index in [2.05, 4.69) is 21.2 Å². The van der Waals surface area contributed by atoms with Gasteiger partial charge >= 0.3 is 0 Å². The molecular weight excluding hydrogens is 314 g/mol. The molecule has 0 aliphatic heterocycles. The van der Waals surface area contributed by atoms with Crippen molar-refractivity contribution < 1.29 is 19.4 Å². The van der Waals surface area contributed by atoms with Crippen LogP contribution in [0, 0.1) is 0 Å². The number of ether oxygens (including phenoxy) is 2. The number of methoxy groups -OCH3 is 2. The first-order valence-electron chi connectivity index (χ1n) is 5.86. The van der Waals surface area contributed by atoms with E-state index in [1.54, 1.807) is 19.2 Å². The van der Waals surface area contributed by atoms with Crippen LogP contribution in [0.3, 0.4) is 0 Å². The van der Waals surface area contributed by atoms with Gasteiger partial charge in [0.2, 0.25) is 0 Å². The topological polar surface area (TPSA) is 67.8 Å². The van der Waals surface area contributed by atoms with E-state index in [9.17, 15) is 9.90 Å². The number of phenols is 1. The number of aromatic hydroxyl groups is 1. The van der Waals surface area contributed by atoms with Crippen molar-refractivity contribution in [2.75, 3.05) is 27.4 Å². The average Bonchev–Trinajstić information content (AvgIpc) is 2.38. The van der Waals surface area contributed by atoms with Crippen molar-refractivity contribution in [2.45, 2.75) is 11.2 Å². The number of amides is 1. The molecule has 19 heavy (non-hydrogen) atoms. The lowest BCUT2D eigenvalue weighted by Crippen LogP contribution is -2.26. The van der Waals surface area contributed by atoms with Gasteiger partial charge in [0, 0.05) is 24.0 Å². The summed E-state index contributed by atoms with van der Waals surface area (Å²) in [6.45, 7) is 1.13. The highest BCUT2D eigenvalue weighted by atomic mass is 79.9. The van der Waals surface area contributed by atoms with Crippen molar-refractivity contribution in [2.24, 2.45) is 0 Å². The number of benzene rings is 1. The summed E-state index contributed by atoms with van der Waals surface area (Å²) in [4.78, 5) is 12.0. The average molecular weight is 332 g/mol. The van der Waals surface area contributed by atoms with E-state index in [1.807, 2.05) is 0 Å². The maximum Gasteiger partial charge on any atom is 0.251 e. The molecule has 0 aliphatic carbocycles. The van der Waals surface area contributed by atoms with Gasteiger partial charge in [-0.25, -0.2) is 0 Å². The highest BCUT2D eigenvalue weighted by molar-refractivity contribution is 9.09. The first kappa shape index (κ1) is 15.8. The van der Waals surface area contributed by atoms with Crippen LogP contribution in [-0.4, -0.2) is 43.2 Å². The van der Waals surface area contributed by atoms with Gasteiger partial charge in [0.15, 0.2) is 11.5 Å². The largest absolute Gasteiger partial charge is 0.504 e. The fraction of sp³-hybridized carbons (Fsp3) is 0.462. The number of rotatable bonds is 7. The standard InChI is InChI=1S/C13H18BrNO4/c1-18-8-10(14)5-6-15-13(17)9-3-4-12(19-2)11(16)7-9/h3-4,7,10,16H,5-6,8H2,1-2H3,(H,15,17). The van der Waals surface area contributed by atoms with Crippen LogP contribution in [0.15, 0.2) is 18.2 Å². The first-order chi connectivity index (χ1) is 9.08. The van der Waals surface area contributed by atoms with E-state index in [4.69, 9.17) is 9.47 Å². The lowest BCUT2D eigenvalue weighted by molar-refractivity contribution is 0.0951. The number of nitrogens with one attached hydrogen (secondary N) is 1. The number of hydrogen-bond acceptors (Lipinski definition) is 4. The second-order valence-electron chi connectivity index (χ2n) is 3.98. The van der Waals surface area contributed by atoms with E-state index < -0.39 is 0 Å². The van der Waals surface area contributed by atoms with E-state index in [0.717, 1.165) is 6.42 Å². The Balaban J connectivity index is 2.47. The van der Waals surface area contributed by atoms with Crippen LogP contribution in [0.5, 0.6) is 11.5 Å². The Bertz CT molecular complexity index is 425. The summed E-state index contributed by atoms with van der Waals surface area (Å²) in [7, 11) is 3.09. The quantitative estimate of drug-likeness (QED) is 0.749. The second-order valence-corrected chi connectivity index (χ2v) is 5.28. The van der Waals surface area contributed by atoms with E-state index in [-0.39, 0.29) is 16.5 Å². The molecule has 0 fully saturated rings. The third kappa shape index (κ3) is 5.08. The number of carbonyl (C=O) groups is 1. The minimum atomic E-state index is -0.227. The molecule has 0 spiro atoms. The third-order valence-corrected chi connectivity index (χ3v) is 3.25. The summed E-state index contributed by atoms with van der Waals surface area (Å²) >= 11 is 3.44. The Hall–Kier alpha value is -1.27. The molecule has 1 aromatic carbocycles. The van der Waals surface area contributed by atoms with Crippen LogP contribution in [-0.2, 0) is 4.74 Å². The summed E-state index contributed by atoms with van der Waals surface area (Å²) in [6, 6.07) is 4.55. The van der Waals surface area contributed by atoms with E-state index in [1.165, 1.54) is 13.2 Å². The molecule has 1 rings (SSSR count). The highest BCUT2D eigenvalue weighted by Gasteiger charge is 2.10. The van der Waals surface area contributed by atoms with Crippen molar-refractivity contribution in [3.63, 3.8) is 0 Å². The number of halogens is 1. The second kappa shape index (κ2) is 8.01. The van der Waals surface area contributed by atoms with Crippen molar-refractivity contribution in [1.82, 2.24) is 5.32 Å². The summed E-state index contributed by atoms with van der Waals surface area (Å²) in [5.41, 5.74) is 0.399. The zero-order valence-corrected chi connectivity index (χ0v) is 12.6. The molecule has 0 bridgehead atoms. The van der Waals surface area contributed by atoms with Gasteiger partial charge in [0.05, 0.1) is 13.7 Å². The van der Waals surface area contributed by atoms with E-state index >= 15 is 0 Å². The van der Waals surface area contributed by atoms with Crippen molar-refractivity contribution >= 4 is 21.8 Å². The van der Waals surface area contributed by atoms with Crippen LogP contribution in [0.25, 0.3) is 0 Å². The van der Waals surface area contributed by atoms with E-state index in [0.29, 0.717) is 24.5 Å². The SMILES string of the molecule is COCC(Br)CCNC(=O)c1ccc(OC)c(O)c1. The molecule has 1 atom stereocenters. The predicted molar refractivity (Wildman–Crippen MR) is 76.2 cm³/mol. The van der Waals surface area contributed by atoms with Crippen LogP contribution >= 0.6 is 15.9 Å². The van der Waals surface area contributed by atoms with Gasteiger partial charge in [-0.1, -0.05) is 15.9 Å². The van der Waals surface area contributed by atoms with Crippen molar-refractivity contribution in [1.29, 1.82) is 0 Å². The molecule has 1 amide bonds. The molecule has 5 nitrogen and oxygen atoms in total. The van der Waals surface area contributed by atoms with Gasteiger partial charge in [-0.3, -0.25) is 4.79 Å². The maximum atomic E-state index is 11.8. The monoisotopic (exact) mass is 331 g/mol. The van der Waals surface area contributed by atoms with Crippen molar-refractivity contribution in [3.8, 4) is 11.5 Å². The van der Waals surface area contributed by atoms with Gasteiger partial charge in [0.25, 0.3) is 5.91 Å². The molecule has 0 aliphatic rings. The highest BCUT2D eigenvalue weighted by Crippen LogP contribution is 2.26. The van der Waals surface area contributed by atoms with Gasteiger partial charge in [-0.2, -0.15) is 0 Å². The molecule has 0 heterocycles. The molecule has 2 N–H and O–H groups in total. The summed E-state index contributed by atoms with van der Waals surface area (Å²) in [5, 5.41) is 12.4. The number of hydrogen-bond donors (Lipinski definition) is 2. The molecular formula is C13H18BrNO4. The summed E-state index contributed by atoms with van der Waals surface area (Å²) in [6.07, 6.45) is 0.766. The zero-order valence-electron chi connectivity index (χ0n) is 11.0. The Kier molecular flexibility index (Phi) is 6.66. The minimum absolute atomic E-state index is 0.0482. The fourth-order valence-electron chi connectivity index (χ4n) is 1.54. The third-order valence-electron chi connectivity index (χ3n) is 2.53. The van der Waals surface area contributed by atoms with Gasteiger partial charge < -0.3 is 19.9 Å². The summed E-state index contributed by atoms with van der Waals surface area (Å²) < 4.78 is 9.90. The lowest BCUT2D eigenvalue weighted by Gasteiger charge is -2.10. The maximum absolute atomic E-state index is 11.8. The Morgan fingerprint density at radius 3 is 2.79 bits per heavy atom. The number of alkyl halides is 1. The van der Waals surface area contributed by atoms with Crippen LogP contribution in [0.4, 0.5) is 0 Å². The Labute approximate surface area is 121 Å². The molecule has 0 saturated heterocycles. The Morgan fingerprint density at radius 2 is 2.21 bits per heavy atom. The van der Waals surface area contributed by atoms with Gasteiger partial charge in [0.1, 0.15) is 0 Å². The van der Waals surface area contributed by atoms with Crippen molar-refractivity contribution in [3.05, 3.63) is 23.8 Å². The van der Waals surface area contributed by atoms with Crippen LogP contribution in [0.1, 0.15) is 16.8 Å².